The molecule has 3 aliphatic rings. The second-order valence-corrected chi connectivity index (χ2v) is 10.3. The summed E-state index contributed by atoms with van der Waals surface area (Å²) in [5, 5.41) is 21.4. The van der Waals surface area contributed by atoms with Gasteiger partial charge in [-0.2, -0.15) is 0 Å². The zero-order chi connectivity index (χ0) is 25.2. The van der Waals surface area contributed by atoms with Gasteiger partial charge in [-0.1, -0.05) is 16.4 Å². The van der Waals surface area contributed by atoms with Gasteiger partial charge in [-0.3, -0.25) is 14.5 Å². The van der Waals surface area contributed by atoms with Gasteiger partial charge >= 0.3 is 5.97 Å². The van der Waals surface area contributed by atoms with Gasteiger partial charge in [0.25, 0.3) is 11.8 Å². The molecular formula is C22H22N6O6S2. The van der Waals surface area contributed by atoms with Crippen molar-refractivity contribution in [3.63, 3.8) is 0 Å². The molecule has 188 valence electrons. The molecule has 2 atom stereocenters. The number of allylic oxidation sites excluding steroid dienone is 1. The van der Waals surface area contributed by atoms with Crippen LogP contribution in [0.3, 0.4) is 0 Å². The van der Waals surface area contributed by atoms with Crippen molar-refractivity contribution in [3.8, 4) is 0 Å². The molecule has 1 aliphatic carbocycles. The fourth-order valence-electron chi connectivity index (χ4n) is 4.20. The lowest BCUT2D eigenvalue weighted by Gasteiger charge is -2.49. The summed E-state index contributed by atoms with van der Waals surface area (Å²) in [6.07, 6.45) is 8.34. The summed E-state index contributed by atoms with van der Waals surface area (Å²) in [7, 11) is 0. The number of hydrogen-bond acceptors (Lipinski definition) is 11. The van der Waals surface area contributed by atoms with Crippen LogP contribution in [-0.2, 0) is 19.2 Å². The first-order chi connectivity index (χ1) is 17.4. The van der Waals surface area contributed by atoms with Gasteiger partial charge in [0.15, 0.2) is 16.6 Å². The maximum Gasteiger partial charge on any atom is 0.352 e. The molecule has 5 rings (SSSR count). The number of nitrogens with two attached hydrogens (primary N) is 1. The van der Waals surface area contributed by atoms with Crippen LogP contribution < -0.4 is 11.1 Å². The van der Waals surface area contributed by atoms with E-state index in [1.165, 1.54) is 22.9 Å². The fourth-order valence-corrected chi connectivity index (χ4v) is 6.06. The molecule has 14 heteroatoms. The molecule has 2 amide bonds. The highest BCUT2D eigenvalue weighted by Gasteiger charge is 2.54. The van der Waals surface area contributed by atoms with Crippen LogP contribution in [0.25, 0.3) is 6.08 Å². The van der Waals surface area contributed by atoms with Crippen LogP contribution in [0.2, 0.25) is 0 Å². The number of nitrogens with one attached hydrogen (secondary N) is 1. The zero-order valence-corrected chi connectivity index (χ0v) is 20.5. The van der Waals surface area contributed by atoms with E-state index in [1.807, 2.05) is 0 Å². The molecule has 0 bridgehead atoms. The van der Waals surface area contributed by atoms with Gasteiger partial charge in [-0.05, 0) is 37.3 Å². The second kappa shape index (κ2) is 10.1. The molecule has 0 radical (unpaired) electrons. The van der Waals surface area contributed by atoms with Gasteiger partial charge in [-0.25, -0.2) is 9.78 Å². The SMILES string of the molecule is Nc1nc(/C(=N/OC2CCCC2)C(=O)N[C@@H]2C(=O)N3C(C(=O)O)=C(/C=C\c4ccno4)CS[C@H]23)cs1. The van der Waals surface area contributed by atoms with E-state index >= 15 is 0 Å². The summed E-state index contributed by atoms with van der Waals surface area (Å²) < 4.78 is 5.00. The van der Waals surface area contributed by atoms with Gasteiger partial charge in [0.05, 0.1) is 6.20 Å². The number of hydrogen-bond donors (Lipinski definition) is 3. The van der Waals surface area contributed by atoms with Crippen molar-refractivity contribution in [3.05, 3.63) is 46.4 Å². The smallest absolute Gasteiger partial charge is 0.352 e. The molecule has 2 aliphatic heterocycles. The summed E-state index contributed by atoms with van der Waals surface area (Å²) >= 11 is 2.50. The Morgan fingerprint density at radius 1 is 1.33 bits per heavy atom. The van der Waals surface area contributed by atoms with Gasteiger partial charge in [0, 0.05) is 17.2 Å². The van der Waals surface area contributed by atoms with Crippen molar-refractivity contribution < 1.29 is 28.9 Å². The minimum absolute atomic E-state index is 0.0772. The molecule has 2 aromatic rings. The molecule has 4 heterocycles. The number of nitrogen functional groups attached to an aromatic ring is 1. The predicted octanol–water partition coefficient (Wildman–Crippen LogP) is 1.83. The minimum atomic E-state index is -1.24. The first-order valence-corrected chi connectivity index (χ1v) is 13.1. The number of aliphatic carboxylic acids is 1. The number of carbonyl (C=O) groups is 3. The Labute approximate surface area is 213 Å². The van der Waals surface area contributed by atoms with E-state index in [0.717, 1.165) is 37.0 Å². The van der Waals surface area contributed by atoms with Crippen molar-refractivity contribution in [2.45, 2.75) is 43.2 Å². The summed E-state index contributed by atoms with van der Waals surface area (Å²) in [4.78, 5) is 49.1. The van der Waals surface area contributed by atoms with Crippen LogP contribution in [0.15, 0.2) is 44.7 Å². The third-order valence-electron chi connectivity index (χ3n) is 5.97. The number of rotatable bonds is 8. The maximum atomic E-state index is 13.2. The number of carboxylic acids is 1. The van der Waals surface area contributed by atoms with E-state index in [-0.39, 0.29) is 28.3 Å². The molecule has 0 unspecified atom stereocenters. The highest BCUT2D eigenvalue weighted by atomic mass is 32.2. The molecule has 2 aromatic heterocycles. The lowest BCUT2D eigenvalue weighted by atomic mass is 10.0. The number of anilines is 1. The lowest BCUT2D eigenvalue weighted by Crippen LogP contribution is -2.71. The Morgan fingerprint density at radius 3 is 2.81 bits per heavy atom. The number of amides is 2. The quantitative estimate of drug-likeness (QED) is 0.259. The van der Waals surface area contributed by atoms with Crippen LogP contribution in [0, 0.1) is 0 Å². The van der Waals surface area contributed by atoms with Crippen molar-refractivity contribution >= 4 is 57.8 Å². The maximum absolute atomic E-state index is 13.2. The largest absolute Gasteiger partial charge is 0.477 e. The van der Waals surface area contributed by atoms with E-state index in [4.69, 9.17) is 15.1 Å². The van der Waals surface area contributed by atoms with Crippen LogP contribution in [0.4, 0.5) is 5.13 Å². The number of β-lactam (4-membered cyclic amide) rings is 1. The first-order valence-electron chi connectivity index (χ1n) is 11.2. The van der Waals surface area contributed by atoms with Crippen molar-refractivity contribution in [2.24, 2.45) is 5.16 Å². The monoisotopic (exact) mass is 530 g/mol. The topological polar surface area (TPSA) is 173 Å². The number of carboxylic acid groups (broad SMARTS) is 1. The fraction of sp³-hybridized carbons (Fsp3) is 0.364. The normalized spacial score (nSPS) is 22.6. The second-order valence-electron chi connectivity index (χ2n) is 8.31. The Morgan fingerprint density at radius 2 is 2.14 bits per heavy atom. The number of fused-ring (bicyclic) bond motifs is 1. The third kappa shape index (κ3) is 4.73. The molecule has 36 heavy (non-hydrogen) atoms. The predicted molar refractivity (Wildman–Crippen MR) is 132 cm³/mol. The molecule has 1 saturated carbocycles. The van der Waals surface area contributed by atoms with Crippen molar-refractivity contribution in [2.75, 3.05) is 11.5 Å². The number of nitrogens with zero attached hydrogens (tertiary/aromatic N) is 4. The van der Waals surface area contributed by atoms with E-state index < -0.39 is 29.2 Å². The average Bonchev–Trinajstić information content (AvgIpc) is 3.64. The Hall–Kier alpha value is -3.65. The summed E-state index contributed by atoms with van der Waals surface area (Å²) in [5.74, 6) is -1.64. The van der Waals surface area contributed by atoms with Crippen molar-refractivity contribution in [1.82, 2.24) is 20.4 Å². The van der Waals surface area contributed by atoms with Crippen LogP contribution in [-0.4, -0.2) is 66.9 Å². The van der Waals surface area contributed by atoms with E-state index in [1.54, 1.807) is 23.6 Å². The number of carbonyl (C=O) groups excluding carboxylic acids is 2. The van der Waals surface area contributed by atoms with E-state index in [2.05, 4.69) is 20.6 Å². The van der Waals surface area contributed by atoms with Crippen molar-refractivity contribution in [1.29, 1.82) is 0 Å². The Bertz CT molecular complexity index is 1260. The zero-order valence-electron chi connectivity index (χ0n) is 18.8. The number of oxime groups is 1. The van der Waals surface area contributed by atoms with Gasteiger partial charge in [0.2, 0.25) is 0 Å². The van der Waals surface area contributed by atoms with Crippen LogP contribution in [0.1, 0.15) is 37.1 Å². The highest BCUT2D eigenvalue weighted by Crippen LogP contribution is 2.40. The first kappa shape index (κ1) is 24.1. The summed E-state index contributed by atoms with van der Waals surface area (Å²) in [6.45, 7) is 0. The molecular weight excluding hydrogens is 508 g/mol. The standard InChI is InChI=1S/C22H22N6O6S2/c23-22-25-14(10-36-22)15(27-34-12-3-1-2-4-12)18(29)26-16-19(30)28-17(21(31)32)11(9-35-20(16)28)5-6-13-7-8-24-33-13/h5-8,10,12,16,20H,1-4,9H2,(H2,23,25)(H,26,29)(H,31,32)/b6-5-,27-15-/t16-,20-/m1/s1. The average molecular weight is 531 g/mol. The van der Waals surface area contributed by atoms with Crippen LogP contribution in [0.5, 0.6) is 0 Å². The molecule has 0 spiro atoms. The summed E-state index contributed by atoms with van der Waals surface area (Å²) in [6, 6.07) is 0.701. The molecule has 1 saturated heterocycles. The number of thioether (sulfide) groups is 1. The number of thiazole rings is 1. The molecule has 2 fully saturated rings. The van der Waals surface area contributed by atoms with Crippen LogP contribution >= 0.6 is 23.1 Å². The van der Waals surface area contributed by atoms with Gasteiger partial charge in [0.1, 0.15) is 28.9 Å². The van der Waals surface area contributed by atoms with E-state index in [0.29, 0.717) is 17.1 Å². The highest BCUT2D eigenvalue weighted by molar-refractivity contribution is 8.00. The van der Waals surface area contributed by atoms with E-state index in [9.17, 15) is 19.5 Å². The Kier molecular flexibility index (Phi) is 6.78. The molecule has 0 aromatic carbocycles. The Balaban J connectivity index is 1.33. The number of aromatic nitrogens is 2. The van der Waals surface area contributed by atoms with Gasteiger partial charge < -0.3 is 25.5 Å². The minimum Gasteiger partial charge on any atom is -0.477 e. The molecule has 4 N–H and O–H groups in total. The van der Waals surface area contributed by atoms with Gasteiger partial charge in [-0.15, -0.1) is 23.1 Å². The summed E-state index contributed by atoms with van der Waals surface area (Å²) in [5.41, 5.74) is 6.23. The molecule has 12 nitrogen and oxygen atoms in total. The third-order valence-corrected chi connectivity index (χ3v) is 7.94. The lowest BCUT2D eigenvalue weighted by molar-refractivity contribution is -0.150.